The second-order valence-electron chi connectivity index (χ2n) is 4.33. The van der Waals surface area contributed by atoms with Gasteiger partial charge in [-0.2, -0.15) is 35.1 Å². The fraction of sp³-hybridized carbons (Fsp3) is 1.00. The van der Waals surface area contributed by atoms with Crippen LogP contribution in [0, 0.1) is 0 Å². The van der Waals surface area contributed by atoms with Crippen LogP contribution in [0.4, 0.5) is 35.1 Å². The van der Waals surface area contributed by atoms with Gasteiger partial charge in [0.1, 0.15) is 0 Å². The van der Waals surface area contributed by atoms with Gasteiger partial charge in [0.2, 0.25) is 0 Å². The predicted octanol–water partition coefficient (Wildman–Crippen LogP) is 3.42. The molecule has 2 nitrogen and oxygen atoms in total. The van der Waals surface area contributed by atoms with Gasteiger partial charge in [-0.25, -0.2) is 0 Å². The SMILES string of the molecule is CCCC(F)(F)C(F)(F)C(F)(F)C(F)(F)CCC(O)O. The maximum Gasteiger partial charge on any atom is 0.378 e. The van der Waals surface area contributed by atoms with Crippen LogP contribution in [-0.2, 0) is 0 Å². The van der Waals surface area contributed by atoms with E-state index >= 15 is 0 Å². The molecule has 0 radical (unpaired) electrons. The van der Waals surface area contributed by atoms with E-state index in [-0.39, 0.29) is 0 Å². The zero-order valence-electron chi connectivity index (χ0n) is 10.3. The minimum Gasteiger partial charge on any atom is -0.368 e. The van der Waals surface area contributed by atoms with Crippen molar-refractivity contribution >= 4 is 0 Å². The molecule has 122 valence electrons. The zero-order chi connectivity index (χ0) is 16.4. The average molecular weight is 318 g/mol. The van der Waals surface area contributed by atoms with Crippen LogP contribution in [0.2, 0.25) is 0 Å². The van der Waals surface area contributed by atoms with Crippen LogP contribution in [-0.4, -0.2) is 40.2 Å². The summed E-state index contributed by atoms with van der Waals surface area (Å²) in [4.78, 5) is 0. The highest BCUT2D eigenvalue weighted by Gasteiger charge is 2.79. The van der Waals surface area contributed by atoms with Crippen LogP contribution in [0.25, 0.3) is 0 Å². The van der Waals surface area contributed by atoms with E-state index in [1.807, 2.05) is 0 Å². The van der Waals surface area contributed by atoms with Crippen molar-refractivity contribution in [2.45, 2.75) is 62.6 Å². The first-order valence-electron chi connectivity index (χ1n) is 5.60. The summed E-state index contributed by atoms with van der Waals surface area (Å²) in [7, 11) is 0. The molecule has 0 aliphatic rings. The lowest BCUT2D eigenvalue weighted by Gasteiger charge is -2.37. The van der Waals surface area contributed by atoms with Gasteiger partial charge in [-0.05, 0) is 0 Å². The van der Waals surface area contributed by atoms with Crippen LogP contribution in [0.5, 0.6) is 0 Å². The van der Waals surface area contributed by atoms with Crippen molar-refractivity contribution in [1.82, 2.24) is 0 Å². The summed E-state index contributed by atoms with van der Waals surface area (Å²) in [5.41, 5.74) is 0. The van der Waals surface area contributed by atoms with Gasteiger partial charge in [0.15, 0.2) is 6.29 Å². The van der Waals surface area contributed by atoms with Gasteiger partial charge in [0.05, 0.1) is 0 Å². The Morgan fingerprint density at radius 2 is 1.10 bits per heavy atom. The molecule has 10 heteroatoms. The van der Waals surface area contributed by atoms with Gasteiger partial charge in [-0.1, -0.05) is 13.3 Å². The van der Waals surface area contributed by atoms with Crippen molar-refractivity contribution in [2.24, 2.45) is 0 Å². The monoisotopic (exact) mass is 318 g/mol. The quantitative estimate of drug-likeness (QED) is 0.532. The number of aliphatic hydroxyl groups is 2. The predicted molar refractivity (Wildman–Crippen MR) is 52.2 cm³/mol. The van der Waals surface area contributed by atoms with Crippen molar-refractivity contribution < 1.29 is 45.3 Å². The van der Waals surface area contributed by atoms with Gasteiger partial charge < -0.3 is 10.2 Å². The van der Waals surface area contributed by atoms with Crippen molar-refractivity contribution in [3.8, 4) is 0 Å². The van der Waals surface area contributed by atoms with E-state index in [1.165, 1.54) is 0 Å². The van der Waals surface area contributed by atoms with Gasteiger partial charge in [0.25, 0.3) is 0 Å². The summed E-state index contributed by atoms with van der Waals surface area (Å²) in [5.74, 6) is -23.4. The Morgan fingerprint density at radius 3 is 1.40 bits per heavy atom. The Balaban J connectivity index is 5.36. The molecule has 0 fully saturated rings. The zero-order valence-corrected chi connectivity index (χ0v) is 10.3. The number of aliphatic hydroxyl groups excluding tert-OH is 1. The molecule has 0 saturated carbocycles. The first kappa shape index (κ1) is 19.4. The molecular formula is C10H14F8O2. The second-order valence-corrected chi connectivity index (χ2v) is 4.33. The average Bonchev–Trinajstić information content (AvgIpc) is 2.25. The molecule has 2 N–H and O–H groups in total. The van der Waals surface area contributed by atoms with Gasteiger partial charge >= 0.3 is 23.7 Å². The highest BCUT2D eigenvalue weighted by atomic mass is 19.4. The Morgan fingerprint density at radius 1 is 0.750 bits per heavy atom. The van der Waals surface area contributed by atoms with E-state index in [1.54, 1.807) is 0 Å². The van der Waals surface area contributed by atoms with Crippen molar-refractivity contribution in [2.75, 3.05) is 0 Å². The Hall–Kier alpha value is -0.640. The van der Waals surface area contributed by atoms with Crippen LogP contribution in [0.1, 0.15) is 32.6 Å². The maximum absolute atomic E-state index is 13.1. The standard InChI is InChI=1S/C10H14F8O2/c1-2-4-7(11,12)9(15,16)10(17,18)8(13,14)5-3-6(19)20/h6,19-20H,2-5H2,1H3. The number of alkyl halides is 8. The summed E-state index contributed by atoms with van der Waals surface area (Å²) in [5, 5.41) is 16.5. The molecule has 0 unspecified atom stereocenters. The molecule has 0 aromatic rings. The summed E-state index contributed by atoms with van der Waals surface area (Å²) in [6, 6.07) is 0. The molecule has 0 aromatic heterocycles. The van der Waals surface area contributed by atoms with E-state index in [0.29, 0.717) is 0 Å². The van der Waals surface area contributed by atoms with Crippen LogP contribution < -0.4 is 0 Å². The lowest BCUT2D eigenvalue weighted by atomic mass is 9.93. The molecule has 0 amide bonds. The summed E-state index contributed by atoms with van der Waals surface area (Å²) in [6.45, 7) is 1.00. The minimum absolute atomic E-state index is 0.612. The Labute approximate surface area is 109 Å². The fourth-order valence-electron chi connectivity index (χ4n) is 1.40. The molecule has 0 rings (SSSR count). The van der Waals surface area contributed by atoms with Crippen LogP contribution >= 0.6 is 0 Å². The molecule has 20 heavy (non-hydrogen) atoms. The Kier molecular flexibility index (Phi) is 5.81. The second kappa shape index (κ2) is 6.00. The minimum atomic E-state index is -6.33. The largest absolute Gasteiger partial charge is 0.378 e. The van der Waals surface area contributed by atoms with Crippen molar-refractivity contribution in [3.05, 3.63) is 0 Å². The highest BCUT2D eigenvalue weighted by molar-refractivity contribution is 5.03. The number of hydrogen-bond acceptors (Lipinski definition) is 2. The van der Waals surface area contributed by atoms with Gasteiger partial charge in [-0.15, -0.1) is 0 Å². The number of rotatable bonds is 8. The van der Waals surface area contributed by atoms with Crippen molar-refractivity contribution in [3.63, 3.8) is 0 Å². The van der Waals surface area contributed by atoms with E-state index in [2.05, 4.69) is 0 Å². The number of halogens is 8. The molecule has 0 aliphatic heterocycles. The molecule has 0 heterocycles. The van der Waals surface area contributed by atoms with Crippen LogP contribution in [0.15, 0.2) is 0 Å². The summed E-state index contributed by atoms with van der Waals surface area (Å²) >= 11 is 0. The lowest BCUT2D eigenvalue weighted by molar-refractivity contribution is -0.368. The highest BCUT2D eigenvalue weighted by Crippen LogP contribution is 2.55. The third-order valence-electron chi connectivity index (χ3n) is 2.59. The molecule has 0 atom stereocenters. The molecule has 0 saturated heterocycles. The van der Waals surface area contributed by atoms with Gasteiger partial charge in [0, 0.05) is 19.3 Å². The normalized spacial score (nSPS) is 15.0. The maximum atomic E-state index is 13.1. The van der Waals surface area contributed by atoms with Gasteiger partial charge in [-0.3, -0.25) is 0 Å². The topological polar surface area (TPSA) is 40.5 Å². The molecule has 0 aliphatic carbocycles. The first-order chi connectivity index (χ1) is 8.73. The fourth-order valence-corrected chi connectivity index (χ4v) is 1.40. The molecule has 0 spiro atoms. The third kappa shape index (κ3) is 3.51. The lowest BCUT2D eigenvalue weighted by Crippen LogP contribution is -2.62. The van der Waals surface area contributed by atoms with Crippen LogP contribution in [0.3, 0.4) is 0 Å². The first-order valence-corrected chi connectivity index (χ1v) is 5.60. The smallest absolute Gasteiger partial charge is 0.368 e. The van der Waals surface area contributed by atoms with E-state index in [4.69, 9.17) is 10.2 Å². The summed E-state index contributed by atoms with van der Waals surface area (Å²) < 4.78 is 104. The molecule has 0 aromatic carbocycles. The molecular weight excluding hydrogens is 304 g/mol. The van der Waals surface area contributed by atoms with E-state index in [0.717, 1.165) is 6.92 Å². The van der Waals surface area contributed by atoms with E-state index < -0.39 is 55.7 Å². The van der Waals surface area contributed by atoms with Crippen molar-refractivity contribution in [1.29, 1.82) is 0 Å². The third-order valence-corrected chi connectivity index (χ3v) is 2.59. The number of hydrogen-bond donors (Lipinski definition) is 2. The summed E-state index contributed by atoms with van der Waals surface area (Å²) in [6.07, 6.45) is -8.18. The Bertz CT molecular complexity index is 316. The molecule has 0 bridgehead atoms. The van der Waals surface area contributed by atoms with E-state index in [9.17, 15) is 35.1 Å².